The summed E-state index contributed by atoms with van der Waals surface area (Å²) < 4.78 is 27.1. The Morgan fingerprint density at radius 2 is 1.94 bits per heavy atom. The molecule has 96 valence electrons. The van der Waals surface area contributed by atoms with Crippen molar-refractivity contribution in [2.45, 2.75) is 51.5 Å². The Morgan fingerprint density at radius 1 is 1.29 bits per heavy atom. The van der Waals surface area contributed by atoms with Crippen molar-refractivity contribution in [2.24, 2.45) is 0 Å². The SMILES string of the molecule is CCCC(C)NS(=O)(=O)c1cc(C)ccc1C. The smallest absolute Gasteiger partial charge is 0.208 e. The molecule has 0 amide bonds. The molecule has 4 heteroatoms. The lowest BCUT2D eigenvalue weighted by atomic mass is 10.2. The summed E-state index contributed by atoms with van der Waals surface area (Å²) >= 11 is 0. The molecule has 0 aliphatic carbocycles. The lowest BCUT2D eigenvalue weighted by Crippen LogP contribution is -2.32. The lowest BCUT2D eigenvalue weighted by molar-refractivity contribution is 0.543. The number of aryl methyl sites for hydroxylation is 2. The maximum atomic E-state index is 12.2. The summed E-state index contributed by atoms with van der Waals surface area (Å²) in [4.78, 5) is 0.389. The number of sulfonamides is 1. The summed E-state index contributed by atoms with van der Waals surface area (Å²) in [5.41, 5.74) is 1.74. The van der Waals surface area contributed by atoms with Crippen LogP contribution in [-0.4, -0.2) is 14.5 Å². The Labute approximate surface area is 104 Å². The van der Waals surface area contributed by atoms with Crippen LogP contribution in [0.4, 0.5) is 0 Å². The van der Waals surface area contributed by atoms with Gasteiger partial charge in [0.05, 0.1) is 4.90 Å². The van der Waals surface area contributed by atoms with Crippen molar-refractivity contribution < 1.29 is 8.42 Å². The zero-order chi connectivity index (χ0) is 13.1. The highest BCUT2D eigenvalue weighted by Gasteiger charge is 2.18. The number of rotatable bonds is 5. The summed E-state index contributed by atoms with van der Waals surface area (Å²) in [6.45, 7) is 7.65. The lowest BCUT2D eigenvalue weighted by Gasteiger charge is -2.15. The van der Waals surface area contributed by atoms with Crippen molar-refractivity contribution >= 4 is 10.0 Å². The van der Waals surface area contributed by atoms with Gasteiger partial charge in [-0.1, -0.05) is 25.5 Å². The quantitative estimate of drug-likeness (QED) is 0.879. The minimum Gasteiger partial charge on any atom is -0.208 e. The Bertz CT molecular complexity index is 480. The second-order valence-electron chi connectivity index (χ2n) is 4.58. The minimum absolute atomic E-state index is 0.0232. The molecule has 0 fully saturated rings. The molecule has 0 spiro atoms. The molecule has 3 nitrogen and oxygen atoms in total. The highest BCUT2D eigenvalue weighted by molar-refractivity contribution is 7.89. The van der Waals surface area contributed by atoms with Crippen LogP contribution in [-0.2, 0) is 10.0 Å². The van der Waals surface area contributed by atoms with Crippen LogP contribution in [0.1, 0.15) is 37.8 Å². The van der Waals surface area contributed by atoms with Gasteiger partial charge in [-0.15, -0.1) is 0 Å². The second kappa shape index (κ2) is 5.65. The topological polar surface area (TPSA) is 46.2 Å². The van der Waals surface area contributed by atoms with Gasteiger partial charge in [0.25, 0.3) is 0 Å². The van der Waals surface area contributed by atoms with E-state index in [1.54, 1.807) is 6.07 Å². The first-order chi connectivity index (χ1) is 7.86. The van der Waals surface area contributed by atoms with Crippen molar-refractivity contribution in [3.8, 4) is 0 Å². The highest BCUT2D eigenvalue weighted by Crippen LogP contribution is 2.17. The molecule has 0 aromatic heterocycles. The van der Waals surface area contributed by atoms with Gasteiger partial charge in [0.15, 0.2) is 0 Å². The summed E-state index contributed by atoms with van der Waals surface area (Å²) in [6.07, 6.45) is 1.82. The van der Waals surface area contributed by atoms with E-state index in [1.807, 2.05) is 39.8 Å². The van der Waals surface area contributed by atoms with Gasteiger partial charge in [-0.3, -0.25) is 0 Å². The van der Waals surface area contributed by atoms with Gasteiger partial charge < -0.3 is 0 Å². The number of nitrogens with one attached hydrogen (secondary N) is 1. The van der Waals surface area contributed by atoms with Gasteiger partial charge in [-0.2, -0.15) is 0 Å². The van der Waals surface area contributed by atoms with E-state index < -0.39 is 10.0 Å². The van der Waals surface area contributed by atoms with E-state index in [2.05, 4.69) is 4.72 Å². The fraction of sp³-hybridized carbons (Fsp3) is 0.538. The van der Waals surface area contributed by atoms with Crippen LogP contribution >= 0.6 is 0 Å². The largest absolute Gasteiger partial charge is 0.241 e. The summed E-state index contributed by atoms with van der Waals surface area (Å²) in [5, 5.41) is 0. The molecule has 0 aliphatic heterocycles. The maximum Gasteiger partial charge on any atom is 0.241 e. The first-order valence-electron chi connectivity index (χ1n) is 5.96. The van der Waals surface area contributed by atoms with Crippen LogP contribution in [0.15, 0.2) is 23.1 Å². The van der Waals surface area contributed by atoms with E-state index in [4.69, 9.17) is 0 Å². The number of hydrogen-bond acceptors (Lipinski definition) is 2. The third-order valence-electron chi connectivity index (χ3n) is 2.71. The summed E-state index contributed by atoms with van der Waals surface area (Å²) in [5.74, 6) is 0. The molecule has 0 radical (unpaired) electrons. The zero-order valence-corrected chi connectivity index (χ0v) is 11.8. The number of hydrogen-bond donors (Lipinski definition) is 1. The molecule has 0 saturated heterocycles. The third kappa shape index (κ3) is 3.82. The van der Waals surface area contributed by atoms with Gasteiger partial charge in [0.1, 0.15) is 0 Å². The van der Waals surface area contributed by atoms with Gasteiger partial charge in [-0.25, -0.2) is 13.1 Å². The molecule has 1 rings (SSSR count). The molecular weight excluding hydrogens is 234 g/mol. The van der Waals surface area contributed by atoms with E-state index in [9.17, 15) is 8.42 Å². The Balaban J connectivity index is 3.01. The summed E-state index contributed by atoms with van der Waals surface area (Å²) in [7, 11) is -3.38. The maximum absolute atomic E-state index is 12.2. The fourth-order valence-corrected chi connectivity index (χ4v) is 3.42. The van der Waals surface area contributed by atoms with E-state index in [1.165, 1.54) is 0 Å². The molecule has 1 aromatic carbocycles. The van der Waals surface area contributed by atoms with Gasteiger partial charge in [0, 0.05) is 6.04 Å². The predicted molar refractivity (Wildman–Crippen MR) is 70.6 cm³/mol. The van der Waals surface area contributed by atoms with Gasteiger partial charge >= 0.3 is 0 Å². The second-order valence-corrected chi connectivity index (χ2v) is 6.26. The average molecular weight is 255 g/mol. The van der Waals surface area contributed by atoms with E-state index >= 15 is 0 Å². The minimum atomic E-state index is -3.38. The Morgan fingerprint density at radius 3 is 2.53 bits per heavy atom. The first kappa shape index (κ1) is 14.2. The summed E-state index contributed by atoms with van der Waals surface area (Å²) in [6, 6.07) is 5.46. The standard InChI is InChI=1S/C13H21NO2S/c1-5-6-12(4)14-17(15,16)13-9-10(2)7-8-11(13)3/h7-9,12,14H,5-6H2,1-4H3. The molecule has 1 unspecified atom stereocenters. The van der Waals surface area contributed by atoms with Crippen molar-refractivity contribution in [1.29, 1.82) is 0 Å². The van der Waals surface area contributed by atoms with Gasteiger partial charge in [-0.05, 0) is 44.4 Å². The first-order valence-corrected chi connectivity index (χ1v) is 7.44. The predicted octanol–water partition coefficient (Wildman–Crippen LogP) is 2.77. The molecule has 17 heavy (non-hydrogen) atoms. The molecule has 0 bridgehead atoms. The van der Waals surface area contributed by atoms with E-state index in [0.29, 0.717) is 4.90 Å². The molecule has 1 N–H and O–H groups in total. The Kier molecular flexibility index (Phi) is 4.71. The van der Waals surface area contributed by atoms with Crippen LogP contribution in [0.3, 0.4) is 0 Å². The number of benzene rings is 1. The van der Waals surface area contributed by atoms with Crippen molar-refractivity contribution in [1.82, 2.24) is 4.72 Å². The van der Waals surface area contributed by atoms with Crippen LogP contribution in [0, 0.1) is 13.8 Å². The van der Waals surface area contributed by atoms with Crippen LogP contribution in [0.5, 0.6) is 0 Å². The van der Waals surface area contributed by atoms with Crippen LogP contribution in [0.2, 0.25) is 0 Å². The van der Waals surface area contributed by atoms with E-state index in [0.717, 1.165) is 24.0 Å². The Hall–Kier alpha value is -0.870. The molecule has 1 atom stereocenters. The average Bonchev–Trinajstić information content (AvgIpc) is 2.21. The normalized spacial score (nSPS) is 13.6. The van der Waals surface area contributed by atoms with Crippen LogP contribution < -0.4 is 4.72 Å². The van der Waals surface area contributed by atoms with Crippen molar-refractivity contribution in [2.75, 3.05) is 0 Å². The third-order valence-corrected chi connectivity index (χ3v) is 4.44. The molecule has 1 aromatic rings. The molecule has 0 saturated carbocycles. The molecule has 0 heterocycles. The van der Waals surface area contributed by atoms with Crippen molar-refractivity contribution in [3.05, 3.63) is 29.3 Å². The van der Waals surface area contributed by atoms with Crippen molar-refractivity contribution in [3.63, 3.8) is 0 Å². The van der Waals surface area contributed by atoms with Gasteiger partial charge in [0.2, 0.25) is 10.0 Å². The monoisotopic (exact) mass is 255 g/mol. The fourth-order valence-electron chi connectivity index (χ4n) is 1.82. The van der Waals surface area contributed by atoms with E-state index in [-0.39, 0.29) is 6.04 Å². The zero-order valence-electron chi connectivity index (χ0n) is 10.9. The van der Waals surface area contributed by atoms with Crippen LogP contribution in [0.25, 0.3) is 0 Å². The highest BCUT2D eigenvalue weighted by atomic mass is 32.2. The molecular formula is C13H21NO2S. The molecule has 0 aliphatic rings.